The molecule has 8 N–H and O–H groups in total. The van der Waals surface area contributed by atoms with Gasteiger partial charge in [-0.2, -0.15) is 0 Å². The molecule has 72 heavy (non-hydrogen) atoms. The van der Waals surface area contributed by atoms with Crippen molar-refractivity contribution in [3.05, 3.63) is 74.3 Å². The van der Waals surface area contributed by atoms with Gasteiger partial charge in [-0.25, -0.2) is 4.79 Å². The highest BCUT2D eigenvalue weighted by Gasteiger charge is 2.67. The Morgan fingerprint density at radius 2 is 1.46 bits per heavy atom. The van der Waals surface area contributed by atoms with E-state index in [1.165, 1.54) is 25.3 Å². The fraction of sp³-hybridized carbons (Fsp3) is 0.566. The monoisotopic (exact) mass is 999 g/mol. The maximum absolute atomic E-state index is 15.0. The zero-order valence-corrected chi connectivity index (χ0v) is 40.5. The van der Waals surface area contributed by atoms with Gasteiger partial charge in [0.05, 0.1) is 76.8 Å². The molecular formula is C53H61NO18. The molecule has 386 valence electrons. The van der Waals surface area contributed by atoms with Crippen LogP contribution in [-0.4, -0.2) is 144 Å². The molecule has 19 heteroatoms. The Labute approximate surface area is 412 Å². The average molecular weight is 1000 g/mol. The first kappa shape index (κ1) is 49.5. The van der Waals surface area contributed by atoms with Crippen molar-refractivity contribution in [1.29, 1.82) is 0 Å². The number of hydrogen-bond donors (Lipinski definition) is 8. The second-order valence-electron chi connectivity index (χ2n) is 21.1. The molecule has 6 heterocycles. The number of hydrogen-bond acceptors (Lipinski definition) is 19. The van der Waals surface area contributed by atoms with Crippen LogP contribution in [0.3, 0.4) is 0 Å². The Kier molecular flexibility index (Phi) is 12.4. The highest BCUT2D eigenvalue weighted by atomic mass is 16.7. The zero-order valence-electron chi connectivity index (χ0n) is 40.5. The number of para-hydroxylation sites is 1. The van der Waals surface area contributed by atoms with Gasteiger partial charge >= 0.3 is 5.63 Å². The Bertz CT molecular complexity index is 2990. The number of phenolic OH excluding ortho intramolecular Hbond substituents is 2. The van der Waals surface area contributed by atoms with Gasteiger partial charge in [0.25, 0.3) is 0 Å². The van der Waals surface area contributed by atoms with Gasteiger partial charge in [0, 0.05) is 83.3 Å². The number of aromatic hydroxyl groups is 2. The second-order valence-corrected chi connectivity index (χ2v) is 21.1. The first-order chi connectivity index (χ1) is 34.2. The number of aliphatic hydroxyl groups is 6. The molecule has 0 bridgehead atoms. The quantitative estimate of drug-likeness (QED) is 0.123. The van der Waals surface area contributed by atoms with Crippen molar-refractivity contribution >= 4 is 51.1 Å². The van der Waals surface area contributed by atoms with Gasteiger partial charge in [0.15, 0.2) is 30.3 Å². The summed E-state index contributed by atoms with van der Waals surface area (Å²) >= 11 is 0. The number of aliphatic hydroxyl groups excluding tert-OH is 4. The number of carbonyl (C=O) groups excluding carboxylic acids is 1. The number of ether oxygens (including phenoxy) is 7. The number of rotatable bonds is 7. The molecule has 0 spiro atoms. The van der Waals surface area contributed by atoms with Gasteiger partial charge in [-0.1, -0.05) is 24.3 Å². The number of ketones is 1. The number of benzene rings is 3. The van der Waals surface area contributed by atoms with Gasteiger partial charge in [-0.05, 0) is 65.7 Å². The zero-order chi connectivity index (χ0) is 50.9. The molecule has 11 rings (SSSR count). The van der Waals surface area contributed by atoms with Crippen LogP contribution in [0.2, 0.25) is 0 Å². The second kappa shape index (κ2) is 18.0. The summed E-state index contributed by atoms with van der Waals surface area (Å²) in [7, 11) is 0. The third kappa shape index (κ3) is 7.95. The summed E-state index contributed by atoms with van der Waals surface area (Å²) < 4.78 is 50.3. The number of phenols is 2. The van der Waals surface area contributed by atoms with E-state index >= 15 is 9.59 Å². The minimum absolute atomic E-state index is 0.00308. The molecule has 5 fully saturated rings. The predicted molar refractivity (Wildman–Crippen MR) is 255 cm³/mol. The molecule has 5 aliphatic heterocycles. The maximum atomic E-state index is 15.0. The van der Waals surface area contributed by atoms with E-state index in [0.29, 0.717) is 29.7 Å². The number of nitrogens with zero attached hydrogens (tertiary/aromatic N) is 1. The lowest BCUT2D eigenvalue weighted by Crippen LogP contribution is -2.67. The molecule has 17 atom stereocenters. The first-order valence-electron chi connectivity index (χ1n) is 24.9. The van der Waals surface area contributed by atoms with Crippen molar-refractivity contribution in [2.24, 2.45) is 4.99 Å². The topological polar surface area (TPSA) is 286 Å². The van der Waals surface area contributed by atoms with Crippen molar-refractivity contribution < 1.29 is 83.2 Å². The molecule has 2 aliphatic carbocycles. The molecule has 4 saturated heterocycles. The molecule has 4 aromatic rings. The summed E-state index contributed by atoms with van der Waals surface area (Å²) in [5.74, 6) is -1.82. The van der Waals surface area contributed by atoms with Gasteiger partial charge in [-0.3, -0.25) is 9.79 Å². The van der Waals surface area contributed by atoms with E-state index < -0.39 is 139 Å². The van der Waals surface area contributed by atoms with Gasteiger partial charge in [-0.15, -0.1) is 0 Å². The Morgan fingerprint density at radius 1 is 0.750 bits per heavy atom. The number of carbonyl (C=O) groups is 1. The van der Waals surface area contributed by atoms with Crippen LogP contribution >= 0.6 is 0 Å². The van der Waals surface area contributed by atoms with E-state index in [9.17, 15) is 40.9 Å². The van der Waals surface area contributed by atoms with Crippen LogP contribution < -0.4 is 10.8 Å². The van der Waals surface area contributed by atoms with Crippen molar-refractivity contribution in [2.45, 2.75) is 189 Å². The molecule has 19 nitrogen and oxygen atoms in total. The van der Waals surface area contributed by atoms with E-state index in [2.05, 4.69) is 4.99 Å². The summed E-state index contributed by atoms with van der Waals surface area (Å²) in [6.07, 6.45) is -7.44. The Balaban J connectivity index is 1.03. The molecule has 0 radical (unpaired) electrons. The van der Waals surface area contributed by atoms with Gasteiger partial charge in [0.1, 0.15) is 34.9 Å². The van der Waals surface area contributed by atoms with Crippen LogP contribution in [0.25, 0.3) is 33.4 Å². The fourth-order valence-corrected chi connectivity index (χ4v) is 12.2. The van der Waals surface area contributed by atoms with Crippen LogP contribution in [-0.2, 0) is 43.6 Å². The molecule has 0 unspecified atom stereocenters. The first-order valence-corrected chi connectivity index (χ1v) is 24.9. The van der Waals surface area contributed by atoms with E-state index in [0.717, 1.165) is 0 Å². The minimum atomic E-state index is -2.47. The van der Waals surface area contributed by atoms with Crippen molar-refractivity contribution in [3.8, 4) is 11.5 Å². The third-order valence-electron chi connectivity index (χ3n) is 15.9. The molecular weight excluding hydrogens is 939 g/mol. The summed E-state index contributed by atoms with van der Waals surface area (Å²) in [6.45, 7) is 8.19. The van der Waals surface area contributed by atoms with Crippen molar-refractivity contribution in [2.75, 3.05) is 0 Å². The third-order valence-corrected chi connectivity index (χ3v) is 15.9. The normalized spacial score (nSPS) is 40.6. The fourth-order valence-electron chi connectivity index (χ4n) is 12.2. The lowest BCUT2D eigenvalue weighted by Gasteiger charge is -2.54. The molecule has 1 aromatic heterocycles. The standard InChI is InChI=1S/C53H61NO18/c1-22-32(55)10-12-39(66-22)72-53-37(57)19-51(5,63)21-52(53,64)15-14-27-44(53)49-42-29(41(50(62)71-49)30-20-54-31-9-7-6-8-26(30)31)16-28(48(61)43(42)47(27)60)35-18-36(46(59)25(4)65-35)70-38-13-11-34(23(2)67-38)69-40-17-33(56)45(58)24(3)68-40/h6-9,14-16,20,22-25,32-36,38-40,45-46,55-56,58-61,63-64H,10-13,17-19,21H2,1-5H3/b41-30-/t22-,23+,24-,25-,32+,33-,34+,35-,36-,38+,39+,40+,45-,46-,51+,52+,53+/m1/s1. The smallest absolute Gasteiger partial charge is 0.344 e. The largest absolute Gasteiger partial charge is 0.507 e. The SMILES string of the molecule is C[C@@H]1O[C@@H](O[C@@H]2C[C@H](c3cc4/c(=C5\C=Nc6ccccc65)c(=O)oc5c6c(c(O)c(c3O)c54)C=C[C@]3(O)C[C@@](C)(O)CC(=O)[C@]63O[C@H]3CC[C@H](O)[C@@H](C)O3)O[C@H](C)[C@H]2O)CC[C@@H]1O[C@H]1C[C@@H](O)[C@H](O)[C@@H](C)O1. The average Bonchev–Trinajstić information content (AvgIpc) is 3.74. The van der Waals surface area contributed by atoms with Crippen LogP contribution in [0.5, 0.6) is 11.5 Å². The number of fused-ring (bicyclic) bond motifs is 5. The van der Waals surface area contributed by atoms with E-state index in [4.69, 9.17) is 37.6 Å². The highest BCUT2D eigenvalue weighted by molar-refractivity contribution is 6.22. The molecule has 3 aromatic carbocycles. The lowest BCUT2D eigenvalue weighted by atomic mass is 9.59. The van der Waals surface area contributed by atoms with Crippen LogP contribution in [0.4, 0.5) is 5.69 Å². The lowest BCUT2D eigenvalue weighted by molar-refractivity contribution is -0.306. The van der Waals surface area contributed by atoms with Crippen LogP contribution in [0.15, 0.2) is 50.6 Å². The van der Waals surface area contributed by atoms with Crippen LogP contribution in [0.1, 0.15) is 114 Å². The van der Waals surface area contributed by atoms with Crippen molar-refractivity contribution in [1.82, 2.24) is 0 Å². The van der Waals surface area contributed by atoms with E-state index in [1.54, 1.807) is 51.1 Å². The highest BCUT2D eigenvalue weighted by Crippen LogP contribution is 2.59. The molecule has 7 aliphatic rings. The van der Waals surface area contributed by atoms with E-state index in [-0.39, 0.29) is 69.3 Å². The predicted octanol–water partition coefficient (Wildman–Crippen LogP) is 3.32. The summed E-state index contributed by atoms with van der Waals surface area (Å²) in [5.41, 5.74) is -6.35. The number of aliphatic imine (C=N–C) groups is 1. The van der Waals surface area contributed by atoms with Gasteiger partial charge < -0.3 is 78.4 Å². The minimum Gasteiger partial charge on any atom is -0.507 e. The summed E-state index contributed by atoms with van der Waals surface area (Å²) in [4.78, 5) is 34.6. The van der Waals surface area contributed by atoms with E-state index in [1.807, 2.05) is 6.92 Å². The molecule has 1 saturated carbocycles. The van der Waals surface area contributed by atoms with Gasteiger partial charge in [0.2, 0.25) is 0 Å². The van der Waals surface area contributed by atoms with Crippen molar-refractivity contribution in [3.63, 3.8) is 0 Å². The summed E-state index contributed by atoms with van der Waals surface area (Å²) in [5, 5.41) is 92.2. The van der Waals surface area contributed by atoms with Crippen LogP contribution in [0, 0.1) is 0 Å². The molecule has 0 amide bonds. The summed E-state index contributed by atoms with van der Waals surface area (Å²) in [6, 6.07) is 8.71. The Hall–Kier alpha value is -4.71. The number of Topliss-reactive ketones (excluding diaryl/α,β-unsaturated/α-hetero) is 1. The maximum Gasteiger partial charge on any atom is 0.344 e. The Morgan fingerprint density at radius 3 is 2.21 bits per heavy atom.